The highest BCUT2D eigenvalue weighted by molar-refractivity contribution is 7.19. The van der Waals surface area contributed by atoms with Crippen LogP contribution in [0.2, 0.25) is 5.02 Å². The Kier molecular flexibility index (Phi) is 6.51. The van der Waals surface area contributed by atoms with Gasteiger partial charge in [0.2, 0.25) is 11.8 Å². The van der Waals surface area contributed by atoms with Crippen molar-refractivity contribution in [2.75, 3.05) is 19.6 Å². The Morgan fingerprint density at radius 2 is 1.90 bits per heavy atom. The van der Waals surface area contributed by atoms with E-state index in [9.17, 15) is 9.59 Å². The number of aryl methyl sites for hydroxylation is 1. The van der Waals surface area contributed by atoms with Crippen LogP contribution < -0.4 is 4.74 Å². The Morgan fingerprint density at radius 3 is 2.56 bits per heavy atom. The molecule has 0 spiro atoms. The molecule has 2 aliphatic heterocycles. The van der Waals surface area contributed by atoms with E-state index in [1.807, 2.05) is 45.9 Å². The van der Waals surface area contributed by atoms with Gasteiger partial charge in [0.1, 0.15) is 18.2 Å². The van der Waals surface area contributed by atoms with Crippen LogP contribution in [0.4, 0.5) is 0 Å². The molecule has 2 aromatic heterocycles. The molecule has 39 heavy (non-hydrogen) atoms. The number of piperidine rings is 2. The van der Waals surface area contributed by atoms with Crippen molar-refractivity contribution in [2.45, 2.75) is 60.1 Å². The number of carbonyl (C=O) groups excluding carboxylic acids is 2. The molecule has 0 bridgehead atoms. The van der Waals surface area contributed by atoms with Gasteiger partial charge >= 0.3 is 0 Å². The number of likely N-dealkylation sites (tertiary alicyclic amines) is 2. The van der Waals surface area contributed by atoms with Gasteiger partial charge in [0, 0.05) is 34.5 Å². The largest absolute Gasteiger partial charge is 0.489 e. The van der Waals surface area contributed by atoms with Crippen molar-refractivity contribution in [3.63, 3.8) is 0 Å². The molecule has 6 rings (SSSR count). The summed E-state index contributed by atoms with van der Waals surface area (Å²) >= 11 is 8.09. The van der Waals surface area contributed by atoms with Gasteiger partial charge < -0.3 is 9.64 Å². The SMILES string of the molecule is CCN1CC[C@@H](Oc2c(C)cc(Cl)cc2-c2ncnc3cc(C(C)N4C(=O)C5C(C4=O)C5(C)C)sc23)[C@@H](C)C1. The number of hydrogen-bond donors (Lipinski definition) is 0. The van der Waals surface area contributed by atoms with Crippen molar-refractivity contribution in [1.29, 1.82) is 0 Å². The number of carbonyl (C=O) groups is 2. The average Bonchev–Trinajstić information content (AvgIpc) is 3.15. The number of hydrogen-bond acceptors (Lipinski definition) is 7. The van der Waals surface area contributed by atoms with Crippen LogP contribution in [0.1, 0.15) is 57.5 Å². The average molecular weight is 567 g/mol. The molecule has 206 valence electrons. The molecule has 7 nitrogen and oxygen atoms in total. The lowest BCUT2D eigenvalue weighted by Crippen LogP contribution is -2.44. The fourth-order valence-electron chi connectivity index (χ4n) is 6.63. The summed E-state index contributed by atoms with van der Waals surface area (Å²) in [6, 6.07) is 5.47. The molecule has 1 aromatic carbocycles. The predicted molar refractivity (Wildman–Crippen MR) is 154 cm³/mol. The second-order valence-electron chi connectivity index (χ2n) is 12.0. The smallest absolute Gasteiger partial charge is 0.234 e. The molecular weight excluding hydrogens is 532 g/mol. The number of imide groups is 1. The quantitative estimate of drug-likeness (QED) is 0.334. The summed E-state index contributed by atoms with van der Waals surface area (Å²) in [5.41, 5.74) is 3.12. The number of rotatable bonds is 6. The minimum Gasteiger partial charge on any atom is -0.489 e. The van der Waals surface area contributed by atoms with Crippen LogP contribution in [-0.4, -0.2) is 57.3 Å². The van der Waals surface area contributed by atoms with Gasteiger partial charge in [0.25, 0.3) is 0 Å². The molecular formula is C30H35ClN4O3S. The second-order valence-corrected chi connectivity index (χ2v) is 13.5. The molecule has 9 heteroatoms. The zero-order valence-electron chi connectivity index (χ0n) is 23.3. The van der Waals surface area contributed by atoms with E-state index < -0.39 is 0 Å². The minimum absolute atomic E-state index is 0.0596. The maximum Gasteiger partial charge on any atom is 0.234 e. The van der Waals surface area contributed by atoms with E-state index in [1.165, 1.54) is 16.2 Å². The van der Waals surface area contributed by atoms with E-state index in [0.29, 0.717) is 10.9 Å². The summed E-state index contributed by atoms with van der Waals surface area (Å²) in [5.74, 6) is 0.687. The molecule has 3 aromatic rings. The van der Waals surface area contributed by atoms with E-state index >= 15 is 0 Å². The number of benzene rings is 1. The lowest BCUT2D eigenvalue weighted by Gasteiger charge is -2.37. The summed E-state index contributed by atoms with van der Waals surface area (Å²) in [6.07, 6.45) is 2.63. The number of ether oxygens (including phenoxy) is 1. The summed E-state index contributed by atoms with van der Waals surface area (Å²) in [7, 11) is 0. The Bertz CT molecular complexity index is 1460. The Hall–Kier alpha value is -2.55. The van der Waals surface area contributed by atoms with Gasteiger partial charge in [-0.15, -0.1) is 11.3 Å². The normalized spacial score (nSPS) is 27.2. The van der Waals surface area contributed by atoms with E-state index in [0.717, 1.165) is 63.7 Å². The number of nitrogens with zero attached hydrogens (tertiary/aromatic N) is 4. The highest BCUT2D eigenvalue weighted by atomic mass is 35.5. The third-order valence-corrected chi connectivity index (χ3v) is 10.6. The van der Waals surface area contributed by atoms with Crippen molar-refractivity contribution in [3.8, 4) is 17.0 Å². The van der Waals surface area contributed by atoms with Crippen molar-refractivity contribution < 1.29 is 14.3 Å². The molecule has 4 heterocycles. The molecule has 3 unspecified atom stereocenters. The summed E-state index contributed by atoms with van der Waals surface area (Å²) in [5, 5.41) is 0.621. The van der Waals surface area contributed by atoms with Crippen LogP contribution in [-0.2, 0) is 9.59 Å². The summed E-state index contributed by atoms with van der Waals surface area (Å²) in [6.45, 7) is 15.5. The molecule has 0 N–H and O–H groups in total. The third-order valence-electron chi connectivity index (χ3n) is 9.09. The van der Waals surface area contributed by atoms with Crippen molar-refractivity contribution in [3.05, 3.63) is 40.0 Å². The highest BCUT2D eigenvalue weighted by Gasteiger charge is 2.73. The molecule has 1 saturated carbocycles. The number of fused-ring (bicyclic) bond motifs is 2. The molecule has 2 saturated heterocycles. The van der Waals surface area contributed by atoms with Crippen LogP contribution in [0.15, 0.2) is 24.5 Å². The molecule has 3 aliphatic rings. The van der Waals surface area contributed by atoms with Crippen LogP contribution in [0, 0.1) is 30.1 Å². The van der Waals surface area contributed by atoms with Crippen LogP contribution in [0.5, 0.6) is 5.75 Å². The van der Waals surface area contributed by atoms with Gasteiger partial charge in [-0.25, -0.2) is 9.97 Å². The van der Waals surface area contributed by atoms with Gasteiger partial charge in [-0.05, 0) is 56.0 Å². The monoisotopic (exact) mass is 566 g/mol. The minimum atomic E-state index is -0.359. The lowest BCUT2D eigenvalue weighted by atomic mass is 9.96. The summed E-state index contributed by atoms with van der Waals surface area (Å²) in [4.78, 5) is 40.3. The number of halogens is 1. The first-order valence-corrected chi connectivity index (χ1v) is 15.0. The van der Waals surface area contributed by atoms with Crippen molar-refractivity contribution in [1.82, 2.24) is 19.8 Å². The van der Waals surface area contributed by atoms with Gasteiger partial charge in [-0.1, -0.05) is 39.3 Å². The van der Waals surface area contributed by atoms with Gasteiger partial charge in [0.05, 0.1) is 33.8 Å². The molecule has 5 atom stereocenters. The van der Waals surface area contributed by atoms with Gasteiger partial charge in [-0.3, -0.25) is 14.5 Å². The number of thiophene rings is 1. The Labute approximate surface area is 238 Å². The first kappa shape index (κ1) is 26.7. The van der Waals surface area contributed by atoms with Crippen LogP contribution in [0.3, 0.4) is 0 Å². The fourth-order valence-corrected chi connectivity index (χ4v) is 8.06. The third kappa shape index (κ3) is 4.26. The van der Waals surface area contributed by atoms with Crippen LogP contribution in [0.25, 0.3) is 21.5 Å². The fraction of sp³-hybridized carbons (Fsp3) is 0.533. The van der Waals surface area contributed by atoms with Gasteiger partial charge in [-0.2, -0.15) is 0 Å². The van der Waals surface area contributed by atoms with Gasteiger partial charge in [0.15, 0.2) is 0 Å². The molecule has 2 amide bonds. The van der Waals surface area contributed by atoms with E-state index in [-0.39, 0.29) is 41.2 Å². The molecule has 1 aliphatic carbocycles. The lowest BCUT2D eigenvalue weighted by molar-refractivity contribution is -0.145. The predicted octanol–water partition coefficient (Wildman–Crippen LogP) is 6.13. The number of amides is 2. The first-order valence-electron chi connectivity index (χ1n) is 13.8. The van der Waals surface area contributed by atoms with E-state index in [2.05, 4.69) is 23.7 Å². The van der Waals surface area contributed by atoms with Crippen molar-refractivity contribution >= 4 is 45.0 Å². The zero-order chi connectivity index (χ0) is 27.8. The second kappa shape index (κ2) is 9.53. The molecule has 3 fully saturated rings. The van der Waals surface area contributed by atoms with Crippen LogP contribution >= 0.6 is 22.9 Å². The van der Waals surface area contributed by atoms with E-state index in [1.54, 1.807) is 6.33 Å². The topological polar surface area (TPSA) is 75.6 Å². The maximum absolute atomic E-state index is 13.1. The van der Waals surface area contributed by atoms with Crippen molar-refractivity contribution in [2.24, 2.45) is 23.2 Å². The highest BCUT2D eigenvalue weighted by Crippen LogP contribution is 2.64. The standard InChI is InChI=1S/C30H35ClN4O3S/c1-7-34-9-8-21(16(3)13-34)38-26-15(2)10-18(31)11-19(26)25-27-20(32-14-33-25)12-22(39-27)17(4)35-28(36)23-24(29(35)37)30(23,5)6/h10-12,14,16-17,21,23-24H,7-9,13H2,1-6H3/t16-,17?,21+,23?,24?/m0/s1. The maximum atomic E-state index is 13.1. The Balaban J connectivity index is 1.36. The first-order chi connectivity index (χ1) is 18.5. The Morgan fingerprint density at radius 1 is 1.18 bits per heavy atom. The molecule has 0 radical (unpaired) electrons. The summed E-state index contributed by atoms with van der Waals surface area (Å²) < 4.78 is 7.63. The zero-order valence-corrected chi connectivity index (χ0v) is 24.9. The number of aromatic nitrogens is 2. The van der Waals surface area contributed by atoms with E-state index in [4.69, 9.17) is 21.3 Å².